The van der Waals surface area contributed by atoms with Gasteiger partial charge in [-0.2, -0.15) is 0 Å². The van der Waals surface area contributed by atoms with Crippen molar-refractivity contribution in [1.29, 1.82) is 0 Å². The average molecular weight is 165 g/mol. The maximum Gasteiger partial charge on any atom is 0.0891 e. The van der Waals surface area contributed by atoms with Gasteiger partial charge in [0.1, 0.15) is 0 Å². The second-order valence-corrected chi connectivity index (χ2v) is 3.13. The Morgan fingerprint density at radius 1 is 1.67 bits per heavy atom. The summed E-state index contributed by atoms with van der Waals surface area (Å²) in [6.45, 7) is 3.80. The van der Waals surface area contributed by atoms with Crippen LogP contribution in [0.4, 0.5) is 0 Å². The third-order valence-electron chi connectivity index (χ3n) is 2.11. The van der Waals surface area contributed by atoms with Crippen LogP contribution in [0.25, 0.3) is 0 Å². The Bertz CT molecular complexity index is 247. The molecular weight excluding hydrogens is 150 g/mol. The van der Waals surface area contributed by atoms with Gasteiger partial charge in [0.05, 0.1) is 11.8 Å². The molecule has 0 amide bonds. The highest BCUT2D eigenvalue weighted by molar-refractivity contribution is 5.33. The highest BCUT2D eigenvalue weighted by Gasteiger charge is 2.13. The lowest BCUT2D eigenvalue weighted by atomic mass is 10.1. The molecule has 12 heavy (non-hydrogen) atoms. The molecule has 0 aromatic rings. The van der Waals surface area contributed by atoms with Crippen LogP contribution in [-0.4, -0.2) is 23.1 Å². The number of likely N-dealkylation sites (N-methyl/N-ethyl adjacent to an activating group) is 1. The molecule has 0 spiro atoms. The van der Waals surface area contributed by atoms with Crippen molar-refractivity contribution in [2.45, 2.75) is 19.9 Å². The molecule has 2 heteroatoms. The molecule has 1 rings (SSSR count). The summed E-state index contributed by atoms with van der Waals surface area (Å²) in [4.78, 5) is 2.13. The van der Waals surface area contributed by atoms with Crippen LogP contribution < -0.4 is 0 Å². The summed E-state index contributed by atoms with van der Waals surface area (Å²) in [5, 5.41) is 8.94. The smallest absolute Gasteiger partial charge is 0.0891 e. The number of allylic oxidation sites excluding steroid dienone is 3. The van der Waals surface area contributed by atoms with Gasteiger partial charge in [0.2, 0.25) is 0 Å². The third-order valence-corrected chi connectivity index (χ3v) is 2.11. The number of aliphatic hydroxyl groups is 1. The summed E-state index contributed by atoms with van der Waals surface area (Å²) in [5.74, 6) is 0.345. The first-order valence-electron chi connectivity index (χ1n) is 4.09. The van der Waals surface area contributed by atoms with Crippen molar-refractivity contribution < 1.29 is 5.11 Å². The minimum atomic E-state index is 0.345. The van der Waals surface area contributed by atoms with E-state index in [0.29, 0.717) is 11.8 Å². The van der Waals surface area contributed by atoms with E-state index in [4.69, 9.17) is 5.11 Å². The van der Waals surface area contributed by atoms with Crippen molar-refractivity contribution in [3.8, 4) is 0 Å². The Labute approximate surface area is 73.5 Å². The Kier molecular flexibility index (Phi) is 2.58. The minimum absolute atomic E-state index is 0.345. The van der Waals surface area contributed by atoms with Gasteiger partial charge in [-0.1, -0.05) is 6.08 Å². The van der Waals surface area contributed by atoms with Crippen LogP contribution in [0.15, 0.2) is 35.8 Å². The lowest BCUT2D eigenvalue weighted by Gasteiger charge is -2.16. The Balaban J connectivity index is 2.72. The topological polar surface area (TPSA) is 23.5 Å². The molecule has 0 aromatic carbocycles. The molecule has 0 saturated heterocycles. The standard InChI is InChI=1S/C10H15NO/c1-8(12)4-5-10-6-7-11(3)9(10)2/h4-7,9,12H,1-3H3/b8-4+,10-5-. The normalized spacial score (nSPS) is 27.2. The van der Waals surface area contributed by atoms with E-state index >= 15 is 0 Å². The lowest BCUT2D eigenvalue weighted by molar-refractivity contribution is 0.412. The van der Waals surface area contributed by atoms with Gasteiger partial charge < -0.3 is 10.0 Å². The van der Waals surface area contributed by atoms with E-state index in [-0.39, 0.29) is 0 Å². The first kappa shape index (κ1) is 8.91. The molecule has 1 atom stereocenters. The Hall–Kier alpha value is -1.18. The van der Waals surface area contributed by atoms with Crippen molar-refractivity contribution >= 4 is 0 Å². The number of aliphatic hydroxyl groups excluding tert-OH is 1. The molecule has 2 nitrogen and oxygen atoms in total. The molecule has 0 bridgehead atoms. The Morgan fingerprint density at radius 3 is 2.75 bits per heavy atom. The zero-order valence-electron chi connectivity index (χ0n) is 7.78. The van der Waals surface area contributed by atoms with E-state index < -0.39 is 0 Å². The van der Waals surface area contributed by atoms with Gasteiger partial charge in [0.15, 0.2) is 0 Å². The average Bonchev–Trinajstić information content (AvgIpc) is 2.30. The molecular formula is C10H15NO. The van der Waals surface area contributed by atoms with Crippen LogP contribution in [0.2, 0.25) is 0 Å². The molecule has 1 aliphatic rings. The molecule has 0 fully saturated rings. The van der Waals surface area contributed by atoms with Crippen molar-refractivity contribution in [2.24, 2.45) is 0 Å². The molecule has 0 radical (unpaired) electrons. The number of rotatable bonds is 1. The first-order valence-corrected chi connectivity index (χ1v) is 4.09. The fourth-order valence-corrected chi connectivity index (χ4v) is 1.12. The van der Waals surface area contributed by atoms with E-state index in [2.05, 4.69) is 17.9 Å². The van der Waals surface area contributed by atoms with E-state index in [1.165, 1.54) is 5.57 Å². The second-order valence-electron chi connectivity index (χ2n) is 3.13. The van der Waals surface area contributed by atoms with E-state index in [0.717, 1.165) is 0 Å². The van der Waals surface area contributed by atoms with Crippen molar-refractivity contribution in [3.63, 3.8) is 0 Å². The SMILES string of the molecule is C/C(O)=C\C=C1\C=CN(C)C1C. The summed E-state index contributed by atoms with van der Waals surface area (Å²) < 4.78 is 0. The largest absolute Gasteiger partial charge is 0.513 e. The van der Waals surface area contributed by atoms with Crippen LogP contribution >= 0.6 is 0 Å². The molecule has 1 unspecified atom stereocenters. The van der Waals surface area contributed by atoms with Gasteiger partial charge in [0.25, 0.3) is 0 Å². The maximum absolute atomic E-state index is 8.94. The van der Waals surface area contributed by atoms with Gasteiger partial charge in [-0.3, -0.25) is 0 Å². The van der Waals surface area contributed by atoms with E-state index in [1.54, 1.807) is 13.0 Å². The highest BCUT2D eigenvalue weighted by Crippen LogP contribution is 2.17. The third kappa shape index (κ3) is 1.91. The van der Waals surface area contributed by atoms with Crippen LogP contribution in [0.1, 0.15) is 13.8 Å². The molecule has 0 aromatic heterocycles. The molecule has 0 saturated carbocycles. The van der Waals surface area contributed by atoms with Crippen molar-refractivity contribution in [1.82, 2.24) is 4.90 Å². The van der Waals surface area contributed by atoms with Gasteiger partial charge in [0, 0.05) is 7.05 Å². The van der Waals surface area contributed by atoms with Crippen molar-refractivity contribution in [2.75, 3.05) is 7.05 Å². The van der Waals surface area contributed by atoms with Crippen molar-refractivity contribution in [3.05, 3.63) is 35.8 Å². The highest BCUT2D eigenvalue weighted by atomic mass is 16.3. The van der Waals surface area contributed by atoms with Gasteiger partial charge in [-0.25, -0.2) is 0 Å². The van der Waals surface area contributed by atoms with Crippen LogP contribution in [0, 0.1) is 0 Å². The molecule has 1 N–H and O–H groups in total. The Morgan fingerprint density at radius 2 is 2.33 bits per heavy atom. The van der Waals surface area contributed by atoms with E-state index in [9.17, 15) is 0 Å². The summed E-state index contributed by atoms with van der Waals surface area (Å²) in [6.07, 6.45) is 7.76. The predicted octanol–water partition coefficient (Wildman–Crippen LogP) is 2.22. The monoisotopic (exact) mass is 165 g/mol. The molecule has 66 valence electrons. The fourth-order valence-electron chi connectivity index (χ4n) is 1.12. The van der Waals surface area contributed by atoms with Crippen LogP contribution in [0.5, 0.6) is 0 Å². The maximum atomic E-state index is 8.94. The van der Waals surface area contributed by atoms with Crippen LogP contribution in [0.3, 0.4) is 0 Å². The van der Waals surface area contributed by atoms with E-state index in [1.807, 2.05) is 19.3 Å². The zero-order valence-corrected chi connectivity index (χ0v) is 7.78. The summed E-state index contributed by atoms with van der Waals surface area (Å²) in [6, 6.07) is 0.417. The predicted molar refractivity (Wildman–Crippen MR) is 50.8 cm³/mol. The first-order chi connectivity index (χ1) is 5.61. The lowest BCUT2D eigenvalue weighted by Crippen LogP contribution is -2.19. The quantitative estimate of drug-likeness (QED) is 0.602. The number of hydrogen-bond acceptors (Lipinski definition) is 2. The number of nitrogens with zero attached hydrogens (tertiary/aromatic N) is 1. The summed E-state index contributed by atoms with van der Waals surface area (Å²) >= 11 is 0. The van der Waals surface area contributed by atoms with Gasteiger partial charge in [-0.15, -0.1) is 0 Å². The van der Waals surface area contributed by atoms with Gasteiger partial charge in [-0.05, 0) is 37.8 Å². The molecule has 0 aliphatic carbocycles. The number of hydrogen-bond donors (Lipinski definition) is 1. The minimum Gasteiger partial charge on any atom is -0.513 e. The molecule has 1 aliphatic heterocycles. The van der Waals surface area contributed by atoms with Crippen LogP contribution in [-0.2, 0) is 0 Å². The summed E-state index contributed by atoms with van der Waals surface area (Å²) in [7, 11) is 2.04. The summed E-state index contributed by atoms with van der Waals surface area (Å²) in [5.41, 5.74) is 1.23. The second kappa shape index (κ2) is 3.48. The van der Waals surface area contributed by atoms with Gasteiger partial charge >= 0.3 is 0 Å². The zero-order chi connectivity index (χ0) is 9.14. The molecule has 1 heterocycles. The fraction of sp³-hybridized carbons (Fsp3) is 0.400.